The van der Waals surface area contributed by atoms with Crippen molar-refractivity contribution in [2.75, 3.05) is 33.9 Å². The maximum atomic E-state index is 13.4. The number of amides is 2. The van der Waals surface area contributed by atoms with Gasteiger partial charge >= 0.3 is 0 Å². The average Bonchev–Trinajstić information content (AvgIpc) is 2.63. The molecule has 2 aromatic carbocycles. The Morgan fingerprint density at radius 3 is 2.46 bits per heavy atom. The number of imide groups is 1. The van der Waals surface area contributed by atoms with Crippen LogP contribution in [0.2, 0.25) is 0 Å². The van der Waals surface area contributed by atoms with Gasteiger partial charge in [-0.15, -0.1) is 0 Å². The largest absolute Gasteiger partial charge is 0.497 e. The van der Waals surface area contributed by atoms with E-state index in [1.165, 1.54) is 19.2 Å². The summed E-state index contributed by atoms with van der Waals surface area (Å²) in [5.74, 6) is -0.548. The van der Waals surface area contributed by atoms with Crippen LogP contribution in [0.25, 0.3) is 0 Å². The second-order valence-electron chi connectivity index (χ2n) is 5.62. The highest BCUT2D eigenvalue weighted by Crippen LogP contribution is 2.15. The van der Waals surface area contributed by atoms with Gasteiger partial charge in [-0.25, -0.2) is 4.39 Å². The number of carbonyl (C=O) groups excluding carboxylic acids is 2. The number of methoxy groups -OCH3 is 1. The van der Waals surface area contributed by atoms with Crippen LogP contribution in [-0.4, -0.2) is 50.6 Å². The van der Waals surface area contributed by atoms with Crippen molar-refractivity contribution in [3.05, 3.63) is 59.9 Å². The van der Waals surface area contributed by atoms with E-state index in [2.05, 4.69) is 5.32 Å². The molecule has 7 heteroatoms. The molecule has 0 saturated carbocycles. The number of hydrogen-bond acceptors (Lipinski definition) is 5. The summed E-state index contributed by atoms with van der Waals surface area (Å²) in [7, 11) is 3.24. The zero-order valence-electron chi connectivity index (χ0n) is 14.7. The van der Waals surface area contributed by atoms with Gasteiger partial charge in [0.1, 0.15) is 12.4 Å². The molecular weight excluding hydrogens is 339 g/mol. The fraction of sp³-hybridized carbons (Fsp3) is 0.263. The Bertz CT molecular complexity index is 749. The van der Waals surface area contributed by atoms with E-state index in [0.29, 0.717) is 17.9 Å². The Morgan fingerprint density at radius 1 is 1.12 bits per heavy atom. The minimum atomic E-state index is -0.478. The number of nitrogens with one attached hydrogen (secondary N) is 1. The molecule has 0 radical (unpaired) electrons. The van der Waals surface area contributed by atoms with Gasteiger partial charge < -0.3 is 9.47 Å². The van der Waals surface area contributed by atoms with E-state index in [1.807, 2.05) is 0 Å². The van der Waals surface area contributed by atoms with Crippen molar-refractivity contribution < 1.29 is 23.5 Å². The lowest BCUT2D eigenvalue weighted by Crippen LogP contribution is -2.39. The molecule has 0 aliphatic rings. The average molecular weight is 360 g/mol. The van der Waals surface area contributed by atoms with Crippen molar-refractivity contribution in [1.29, 1.82) is 0 Å². The van der Waals surface area contributed by atoms with Gasteiger partial charge in [-0.05, 0) is 43.4 Å². The third kappa shape index (κ3) is 5.86. The first-order valence-corrected chi connectivity index (χ1v) is 8.03. The van der Waals surface area contributed by atoms with E-state index in [9.17, 15) is 14.0 Å². The van der Waals surface area contributed by atoms with Gasteiger partial charge in [0.25, 0.3) is 5.91 Å². The van der Waals surface area contributed by atoms with E-state index in [4.69, 9.17) is 9.47 Å². The van der Waals surface area contributed by atoms with Crippen LogP contribution in [-0.2, 0) is 4.79 Å². The summed E-state index contributed by atoms with van der Waals surface area (Å²) in [6, 6.07) is 12.6. The Kier molecular flexibility index (Phi) is 7.11. The second-order valence-corrected chi connectivity index (χ2v) is 5.62. The molecule has 0 unspecified atom stereocenters. The molecule has 0 aromatic heterocycles. The number of likely N-dealkylation sites (N-methyl/N-ethyl adjacent to an activating group) is 1. The van der Waals surface area contributed by atoms with Gasteiger partial charge in [-0.2, -0.15) is 0 Å². The molecule has 0 fully saturated rings. The number of benzene rings is 2. The Balaban J connectivity index is 1.74. The molecule has 0 bridgehead atoms. The number of para-hydroxylation sites is 1. The Labute approximate surface area is 151 Å². The molecule has 0 saturated heterocycles. The van der Waals surface area contributed by atoms with Crippen molar-refractivity contribution >= 4 is 11.8 Å². The molecule has 6 nitrogen and oxygen atoms in total. The van der Waals surface area contributed by atoms with Gasteiger partial charge in [0.2, 0.25) is 5.91 Å². The molecule has 0 aliphatic heterocycles. The van der Waals surface area contributed by atoms with Crippen LogP contribution in [0, 0.1) is 5.82 Å². The molecule has 26 heavy (non-hydrogen) atoms. The number of rotatable bonds is 8. The van der Waals surface area contributed by atoms with E-state index in [-0.39, 0.29) is 18.9 Å². The maximum Gasteiger partial charge on any atom is 0.257 e. The highest BCUT2D eigenvalue weighted by molar-refractivity contribution is 6.05. The van der Waals surface area contributed by atoms with E-state index >= 15 is 0 Å². The molecule has 0 spiro atoms. The van der Waals surface area contributed by atoms with E-state index in [0.717, 1.165) is 0 Å². The van der Waals surface area contributed by atoms with Crippen LogP contribution in [0.5, 0.6) is 11.5 Å². The minimum Gasteiger partial charge on any atom is -0.497 e. The van der Waals surface area contributed by atoms with E-state index < -0.39 is 17.6 Å². The van der Waals surface area contributed by atoms with Gasteiger partial charge in [-0.1, -0.05) is 12.1 Å². The molecular formula is C19H21FN2O4. The highest BCUT2D eigenvalue weighted by atomic mass is 19.1. The molecule has 0 aliphatic carbocycles. The number of hydrogen-bond donors (Lipinski definition) is 1. The van der Waals surface area contributed by atoms with Crippen LogP contribution in [0.15, 0.2) is 48.5 Å². The van der Waals surface area contributed by atoms with Gasteiger partial charge in [0.15, 0.2) is 11.6 Å². The predicted octanol–water partition coefficient (Wildman–Crippen LogP) is 2.10. The summed E-state index contributed by atoms with van der Waals surface area (Å²) < 4.78 is 23.8. The van der Waals surface area contributed by atoms with Crippen LogP contribution >= 0.6 is 0 Å². The normalized spacial score (nSPS) is 10.5. The van der Waals surface area contributed by atoms with Crippen molar-refractivity contribution in [3.63, 3.8) is 0 Å². The highest BCUT2D eigenvalue weighted by Gasteiger charge is 2.12. The second kappa shape index (κ2) is 9.53. The van der Waals surface area contributed by atoms with E-state index in [1.54, 1.807) is 48.3 Å². The summed E-state index contributed by atoms with van der Waals surface area (Å²) in [6.07, 6.45) is 0. The number of nitrogens with zero attached hydrogens (tertiary/aromatic N) is 1. The predicted molar refractivity (Wildman–Crippen MR) is 94.9 cm³/mol. The molecule has 138 valence electrons. The Hall–Kier alpha value is -2.93. The van der Waals surface area contributed by atoms with Crippen molar-refractivity contribution in [1.82, 2.24) is 10.2 Å². The van der Waals surface area contributed by atoms with Crippen molar-refractivity contribution in [2.45, 2.75) is 0 Å². The molecule has 0 atom stereocenters. The van der Waals surface area contributed by atoms with Crippen LogP contribution < -0.4 is 14.8 Å². The van der Waals surface area contributed by atoms with Crippen LogP contribution in [0.1, 0.15) is 10.4 Å². The SMILES string of the molecule is COc1ccc(C(=O)NC(=O)CN(C)CCOc2ccccc2F)cc1. The fourth-order valence-electron chi connectivity index (χ4n) is 2.18. The molecule has 0 heterocycles. The summed E-state index contributed by atoms with van der Waals surface area (Å²) in [5.41, 5.74) is 0.365. The lowest BCUT2D eigenvalue weighted by atomic mass is 10.2. The summed E-state index contributed by atoms with van der Waals surface area (Å²) >= 11 is 0. The van der Waals surface area contributed by atoms with Crippen LogP contribution in [0.4, 0.5) is 4.39 Å². The molecule has 2 aromatic rings. The van der Waals surface area contributed by atoms with Crippen molar-refractivity contribution in [3.8, 4) is 11.5 Å². The van der Waals surface area contributed by atoms with Crippen LogP contribution in [0.3, 0.4) is 0 Å². The van der Waals surface area contributed by atoms with Gasteiger partial charge in [0, 0.05) is 12.1 Å². The summed E-state index contributed by atoms with van der Waals surface area (Å²) in [4.78, 5) is 25.6. The lowest BCUT2D eigenvalue weighted by molar-refractivity contribution is -0.121. The molecule has 2 amide bonds. The summed E-state index contributed by atoms with van der Waals surface area (Å²) in [5, 5.41) is 2.32. The molecule has 1 N–H and O–H groups in total. The van der Waals surface area contributed by atoms with Crippen molar-refractivity contribution in [2.24, 2.45) is 0 Å². The topological polar surface area (TPSA) is 67.9 Å². The molecule has 2 rings (SSSR count). The smallest absolute Gasteiger partial charge is 0.257 e. The lowest BCUT2D eigenvalue weighted by Gasteiger charge is -2.16. The third-order valence-corrected chi connectivity index (χ3v) is 3.59. The van der Waals surface area contributed by atoms with Gasteiger partial charge in [0.05, 0.1) is 13.7 Å². The fourth-order valence-corrected chi connectivity index (χ4v) is 2.18. The van der Waals surface area contributed by atoms with Gasteiger partial charge in [-0.3, -0.25) is 19.8 Å². The number of carbonyl (C=O) groups is 2. The Morgan fingerprint density at radius 2 is 1.81 bits per heavy atom. The number of halogens is 1. The first-order valence-electron chi connectivity index (χ1n) is 8.03. The summed E-state index contributed by atoms with van der Waals surface area (Å²) in [6.45, 7) is 0.637. The third-order valence-electron chi connectivity index (χ3n) is 3.59. The quantitative estimate of drug-likeness (QED) is 0.781. The zero-order chi connectivity index (χ0) is 18.9. The first-order chi connectivity index (χ1) is 12.5. The minimum absolute atomic E-state index is 0.0164. The first kappa shape index (κ1) is 19.4. The maximum absolute atomic E-state index is 13.4. The monoisotopic (exact) mass is 360 g/mol. The standard InChI is InChI=1S/C19H21FN2O4/c1-22(11-12-26-17-6-4-3-5-16(17)20)13-18(23)21-19(24)14-7-9-15(25-2)10-8-14/h3-10H,11-13H2,1-2H3,(H,21,23,24). The zero-order valence-corrected chi connectivity index (χ0v) is 14.7. The number of ether oxygens (including phenoxy) is 2.